The fraction of sp³-hybridized carbons (Fsp3) is 1.00. The van der Waals surface area contributed by atoms with Crippen LogP contribution in [-0.4, -0.2) is 31.5 Å². The molecule has 1 N–H and O–H groups in total. The minimum atomic E-state index is -4.23. The van der Waals surface area contributed by atoms with Crippen LogP contribution < -0.4 is 5.32 Å². The van der Waals surface area contributed by atoms with Crippen molar-refractivity contribution in [2.75, 3.05) is 13.2 Å². The highest BCUT2D eigenvalue weighted by molar-refractivity contribution is 4.86. The van der Waals surface area contributed by atoms with Gasteiger partial charge < -0.3 is 10.1 Å². The highest BCUT2D eigenvalue weighted by atomic mass is 19.4. The third-order valence-corrected chi connectivity index (χ3v) is 3.71. The van der Waals surface area contributed by atoms with Crippen LogP contribution in [0.1, 0.15) is 52.4 Å². The number of hydrogen-bond acceptors (Lipinski definition) is 2. The molecule has 0 heterocycles. The third kappa shape index (κ3) is 6.61. The second-order valence-corrected chi connectivity index (χ2v) is 5.49. The number of ether oxygens (including phenoxy) is 1. The average molecular weight is 281 g/mol. The summed E-state index contributed by atoms with van der Waals surface area (Å²) in [6, 6.07) is 0.0791. The fourth-order valence-corrected chi connectivity index (χ4v) is 2.83. The van der Waals surface area contributed by atoms with E-state index in [9.17, 15) is 13.2 Å². The molecule has 114 valence electrons. The molecule has 2 nitrogen and oxygen atoms in total. The predicted octanol–water partition coefficient (Wildman–Crippen LogP) is 3.90. The van der Waals surface area contributed by atoms with Crippen molar-refractivity contribution in [3.8, 4) is 0 Å². The molecule has 1 aliphatic rings. The van der Waals surface area contributed by atoms with Gasteiger partial charge in [0.1, 0.15) is 6.61 Å². The minimum Gasteiger partial charge on any atom is -0.367 e. The number of nitrogens with one attached hydrogen (secondary N) is 1. The highest BCUT2D eigenvalue weighted by Gasteiger charge is 2.35. The summed E-state index contributed by atoms with van der Waals surface area (Å²) in [5, 5.41) is 3.33. The van der Waals surface area contributed by atoms with E-state index in [4.69, 9.17) is 4.74 Å². The Hall–Kier alpha value is -0.290. The molecule has 19 heavy (non-hydrogen) atoms. The van der Waals surface area contributed by atoms with E-state index in [0.29, 0.717) is 5.92 Å². The van der Waals surface area contributed by atoms with Crippen LogP contribution >= 0.6 is 0 Å². The summed E-state index contributed by atoms with van der Waals surface area (Å²) in [6.45, 7) is 3.89. The molecular formula is C14H26F3NO. The quantitative estimate of drug-likeness (QED) is 0.764. The first-order valence-corrected chi connectivity index (χ1v) is 7.38. The van der Waals surface area contributed by atoms with Gasteiger partial charge in [-0.1, -0.05) is 26.7 Å². The zero-order valence-corrected chi connectivity index (χ0v) is 11.9. The standard InChI is InChI=1S/C14H26F3NO/c1-3-5-11-6-7-12(18-8-4-2)13(9-11)19-10-14(15,16)17/h11-13,18H,3-10H2,1-2H3. The van der Waals surface area contributed by atoms with Crippen LogP contribution in [-0.2, 0) is 4.74 Å². The third-order valence-electron chi connectivity index (χ3n) is 3.71. The van der Waals surface area contributed by atoms with Crippen LogP contribution in [0.15, 0.2) is 0 Å². The molecule has 1 fully saturated rings. The molecule has 5 heteroatoms. The molecule has 0 bridgehead atoms. The van der Waals surface area contributed by atoms with Crippen LogP contribution in [0.5, 0.6) is 0 Å². The van der Waals surface area contributed by atoms with Crippen LogP contribution in [0.25, 0.3) is 0 Å². The normalized spacial score (nSPS) is 28.6. The molecule has 0 aromatic carbocycles. The molecule has 1 saturated carbocycles. The van der Waals surface area contributed by atoms with Gasteiger partial charge in [-0.2, -0.15) is 13.2 Å². The van der Waals surface area contributed by atoms with Crippen molar-refractivity contribution in [3.63, 3.8) is 0 Å². The SMILES string of the molecule is CCCNC1CCC(CCC)CC1OCC(F)(F)F. The maximum absolute atomic E-state index is 12.3. The zero-order chi connectivity index (χ0) is 14.3. The minimum absolute atomic E-state index is 0.0791. The number of hydrogen-bond donors (Lipinski definition) is 1. The molecule has 3 atom stereocenters. The van der Waals surface area contributed by atoms with Crippen LogP contribution in [0, 0.1) is 5.92 Å². The molecule has 0 aliphatic heterocycles. The summed E-state index contributed by atoms with van der Waals surface area (Å²) in [7, 11) is 0. The van der Waals surface area contributed by atoms with Gasteiger partial charge in [-0.05, 0) is 38.1 Å². The van der Waals surface area contributed by atoms with Crippen molar-refractivity contribution in [1.82, 2.24) is 5.32 Å². The van der Waals surface area contributed by atoms with Crippen molar-refractivity contribution in [2.24, 2.45) is 5.92 Å². The van der Waals surface area contributed by atoms with E-state index in [0.717, 1.165) is 45.1 Å². The maximum Gasteiger partial charge on any atom is 0.411 e. The number of rotatable bonds is 7. The number of alkyl halides is 3. The van der Waals surface area contributed by atoms with E-state index in [1.807, 2.05) is 0 Å². The van der Waals surface area contributed by atoms with Gasteiger partial charge in [0.25, 0.3) is 0 Å². The first kappa shape index (κ1) is 16.8. The van der Waals surface area contributed by atoms with E-state index < -0.39 is 12.8 Å². The van der Waals surface area contributed by atoms with Crippen molar-refractivity contribution < 1.29 is 17.9 Å². The summed E-state index contributed by atoms with van der Waals surface area (Å²) >= 11 is 0. The van der Waals surface area contributed by atoms with Gasteiger partial charge >= 0.3 is 6.18 Å². The zero-order valence-electron chi connectivity index (χ0n) is 11.9. The van der Waals surface area contributed by atoms with Crippen molar-refractivity contribution in [3.05, 3.63) is 0 Å². The van der Waals surface area contributed by atoms with Crippen molar-refractivity contribution in [2.45, 2.75) is 70.7 Å². The molecule has 0 amide bonds. The summed E-state index contributed by atoms with van der Waals surface area (Å²) in [5.41, 5.74) is 0. The second-order valence-electron chi connectivity index (χ2n) is 5.49. The van der Waals surface area contributed by atoms with E-state index in [1.165, 1.54) is 0 Å². The van der Waals surface area contributed by atoms with E-state index >= 15 is 0 Å². The van der Waals surface area contributed by atoms with Gasteiger partial charge in [-0.15, -0.1) is 0 Å². The van der Waals surface area contributed by atoms with Crippen molar-refractivity contribution in [1.29, 1.82) is 0 Å². The smallest absolute Gasteiger partial charge is 0.367 e. The Labute approximate surface area is 114 Å². The molecule has 0 aromatic heterocycles. The monoisotopic (exact) mass is 281 g/mol. The summed E-state index contributed by atoms with van der Waals surface area (Å²) in [4.78, 5) is 0. The predicted molar refractivity (Wildman–Crippen MR) is 70.1 cm³/mol. The van der Waals surface area contributed by atoms with Gasteiger partial charge in [-0.3, -0.25) is 0 Å². The summed E-state index contributed by atoms with van der Waals surface area (Å²) in [6.07, 6.45) is 1.42. The van der Waals surface area contributed by atoms with Crippen LogP contribution in [0.4, 0.5) is 13.2 Å². The maximum atomic E-state index is 12.3. The Morgan fingerprint density at radius 2 is 1.89 bits per heavy atom. The van der Waals surface area contributed by atoms with E-state index in [2.05, 4.69) is 19.2 Å². The Bertz CT molecular complexity index is 245. The molecule has 1 rings (SSSR count). The Kier molecular flexibility index (Phi) is 7.15. The Morgan fingerprint density at radius 3 is 2.47 bits per heavy atom. The van der Waals surface area contributed by atoms with E-state index in [1.54, 1.807) is 0 Å². The molecule has 0 aromatic rings. The molecular weight excluding hydrogens is 255 g/mol. The Balaban J connectivity index is 2.49. The first-order valence-electron chi connectivity index (χ1n) is 7.38. The summed E-state index contributed by atoms with van der Waals surface area (Å²) in [5.74, 6) is 0.517. The molecule has 0 radical (unpaired) electrons. The molecule has 0 spiro atoms. The largest absolute Gasteiger partial charge is 0.411 e. The first-order chi connectivity index (χ1) is 8.96. The second kappa shape index (κ2) is 8.10. The highest BCUT2D eigenvalue weighted by Crippen LogP contribution is 2.31. The molecule has 3 unspecified atom stereocenters. The topological polar surface area (TPSA) is 21.3 Å². The molecule has 1 aliphatic carbocycles. The van der Waals surface area contributed by atoms with Gasteiger partial charge in [0, 0.05) is 6.04 Å². The molecule has 0 saturated heterocycles. The van der Waals surface area contributed by atoms with Gasteiger partial charge in [0.15, 0.2) is 0 Å². The fourth-order valence-electron chi connectivity index (χ4n) is 2.83. The lowest BCUT2D eigenvalue weighted by molar-refractivity contribution is -0.192. The Morgan fingerprint density at radius 1 is 1.16 bits per heavy atom. The van der Waals surface area contributed by atoms with E-state index in [-0.39, 0.29) is 12.1 Å². The van der Waals surface area contributed by atoms with Gasteiger partial charge in [0.2, 0.25) is 0 Å². The lowest BCUT2D eigenvalue weighted by atomic mass is 9.81. The lowest BCUT2D eigenvalue weighted by Crippen LogP contribution is -2.46. The van der Waals surface area contributed by atoms with Crippen LogP contribution in [0.2, 0.25) is 0 Å². The van der Waals surface area contributed by atoms with Crippen LogP contribution in [0.3, 0.4) is 0 Å². The van der Waals surface area contributed by atoms with Crippen molar-refractivity contribution >= 4 is 0 Å². The average Bonchev–Trinajstić information content (AvgIpc) is 2.34. The van der Waals surface area contributed by atoms with Gasteiger partial charge in [-0.25, -0.2) is 0 Å². The number of halogens is 3. The summed E-state index contributed by atoms with van der Waals surface area (Å²) < 4.78 is 42.0. The van der Waals surface area contributed by atoms with Gasteiger partial charge in [0.05, 0.1) is 6.10 Å². The lowest BCUT2D eigenvalue weighted by Gasteiger charge is -2.36.